The number of anilines is 1. The monoisotopic (exact) mass is 399 g/mol. The molecule has 1 saturated carbocycles. The van der Waals surface area contributed by atoms with Gasteiger partial charge in [-0.3, -0.25) is 4.98 Å². The number of nitrogens with one attached hydrogen (secondary N) is 1. The van der Waals surface area contributed by atoms with Crippen molar-refractivity contribution in [3.63, 3.8) is 0 Å². The Balaban J connectivity index is 1.38. The predicted octanol–water partition coefficient (Wildman–Crippen LogP) is 3.05. The summed E-state index contributed by atoms with van der Waals surface area (Å²) < 4.78 is 7.29. The lowest BCUT2D eigenvalue weighted by Crippen LogP contribution is -2.28. The van der Waals surface area contributed by atoms with Crippen molar-refractivity contribution in [2.75, 3.05) is 18.5 Å². The molecule has 2 atom stereocenters. The van der Waals surface area contributed by atoms with Gasteiger partial charge in [0.05, 0.1) is 17.1 Å². The van der Waals surface area contributed by atoms with E-state index in [1.54, 1.807) is 0 Å². The third-order valence-electron chi connectivity index (χ3n) is 5.52. The summed E-state index contributed by atoms with van der Waals surface area (Å²) in [6.45, 7) is 5.50. The average molecular weight is 400 g/mol. The summed E-state index contributed by atoms with van der Waals surface area (Å²) in [4.78, 5) is 17.9. The lowest BCUT2D eigenvalue weighted by molar-refractivity contribution is 0.0904. The smallest absolute Gasteiger partial charge is 0.224 e. The number of ether oxygens (including phenoxy) is 1. The fourth-order valence-corrected chi connectivity index (χ4v) is 4.01. The molecule has 0 radical (unpaired) electrons. The summed E-state index contributed by atoms with van der Waals surface area (Å²) in [6.07, 6.45) is 4.73. The minimum absolute atomic E-state index is 0.251. The second kappa shape index (κ2) is 6.93. The molecule has 4 heterocycles. The zero-order chi connectivity index (χ0) is 19.3. The molecular formula is C19H22ClN7O. The highest BCUT2D eigenvalue weighted by Gasteiger charge is 2.44. The van der Waals surface area contributed by atoms with E-state index in [4.69, 9.17) is 26.4 Å². The van der Waals surface area contributed by atoms with E-state index in [1.165, 1.54) is 0 Å². The van der Waals surface area contributed by atoms with Gasteiger partial charge in [0, 0.05) is 43.4 Å². The molecule has 3 aromatic rings. The van der Waals surface area contributed by atoms with Crippen molar-refractivity contribution in [1.29, 1.82) is 0 Å². The molecule has 1 saturated heterocycles. The largest absolute Gasteiger partial charge is 0.381 e. The van der Waals surface area contributed by atoms with E-state index < -0.39 is 0 Å². The Morgan fingerprint density at radius 1 is 1.14 bits per heavy atom. The van der Waals surface area contributed by atoms with Gasteiger partial charge in [0.2, 0.25) is 5.28 Å². The zero-order valence-electron chi connectivity index (χ0n) is 15.9. The maximum absolute atomic E-state index is 6.21. The van der Waals surface area contributed by atoms with E-state index in [2.05, 4.69) is 20.3 Å². The van der Waals surface area contributed by atoms with Crippen LogP contribution in [0.25, 0.3) is 5.65 Å². The summed E-state index contributed by atoms with van der Waals surface area (Å²) in [5, 5.41) is 8.46. The molecule has 1 aliphatic carbocycles. The van der Waals surface area contributed by atoms with E-state index in [0.29, 0.717) is 6.04 Å². The molecule has 0 aromatic carbocycles. The number of nitrogens with zero attached hydrogens (tertiary/aromatic N) is 6. The highest BCUT2D eigenvalue weighted by atomic mass is 35.5. The van der Waals surface area contributed by atoms with Crippen LogP contribution in [0.4, 0.5) is 5.82 Å². The van der Waals surface area contributed by atoms with Crippen LogP contribution in [-0.4, -0.2) is 48.8 Å². The third kappa shape index (κ3) is 3.31. The first-order chi connectivity index (χ1) is 13.6. The molecular weight excluding hydrogens is 378 g/mol. The Kier molecular flexibility index (Phi) is 4.40. The maximum Gasteiger partial charge on any atom is 0.224 e. The van der Waals surface area contributed by atoms with Gasteiger partial charge < -0.3 is 10.1 Å². The first kappa shape index (κ1) is 17.8. The quantitative estimate of drug-likeness (QED) is 0.674. The molecule has 146 valence electrons. The molecule has 5 rings (SSSR count). The van der Waals surface area contributed by atoms with E-state index in [9.17, 15) is 0 Å². The molecule has 3 aromatic heterocycles. The maximum atomic E-state index is 6.21. The molecule has 0 spiro atoms. The third-order valence-corrected chi connectivity index (χ3v) is 5.69. The Hall–Kier alpha value is -2.32. The molecule has 1 aliphatic heterocycles. The number of fused-ring (bicyclic) bond motifs is 1. The lowest BCUT2D eigenvalue weighted by Gasteiger charge is -2.23. The summed E-state index contributed by atoms with van der Waals surface area (Å²) >= 11 is 6.21. The summed E-state index contributed by atoms with van der Waals surface area (Å²) in [5.74, 6) is 2.14. The fourth-order valence-electron chi connectivity index (χ4n) is 3.83. The molecule has 8 nitrogen and oxygen atoms in total. The van der Waals surface area contributed by atoms with Crippen LogP contribution < -0.4 is 5.32 Å². The topological polar surface area (TPSA) is 90.1 Å². The Labute approximate surface area is 167 Å². The Morgan fingerprint density at radius 2 is 1.96 bits per heavy atom. The number of aromatic nitrogens is 6. The molecule has 2 aliphatic rings. The minimum atomic E-state index is 0.251. The van der Waals surface area contributed by atoms with Gasteiger partial charge in [0.1, 0.15) is 5.82 Å². The van der Waals surface area contributed by atoms with E-state index in [0.717, 1.165) is 66.8 Å². The van der Waals surface area contributed by atoms with Crippen LogP contribution in [0.3, 0.4) is 0 Å². The van der Waals surface area contributed by atoms with Crippen LogP contribution in [-0.2, 0) is 4.74 Å². The molecule has 0 bridgehead atoms. The van der Waals surface area contributed by atoms with Gasteiger partial charge in [0.25, 0.3) is 0 Å². The van der Waals surface area contributed by atoms with Crippen LogP contribution in [0, 0.1) is 13.8 Å². The number of hydrogen-bond acceptors (Lipinski definition) is 7. The molecule has 2 unspecified atom stereocenters. The average Bonchev–Trinajstić information content (AvgIpc) is 3.35. The zero-order valence-corrected chi connectivity index (χ0v) is 16.6. The van der Waals surface area contributed by atoms with Gasteiger partial charge in [-0.1, -0.05) is 0 Å². The van der Waals surface area contributed by atoms with Crippen molar-refractivity contribution >= 4 is 23.1 Å². The van der Waals surface area contributed by atoms with Gasteiger partial charge in [-0.25, -0.2) is 19.5 Å². The SMILES string of the molecule is Cc1ncc(C)n2nc(C3CC3c3cc(NC4CCOCC4)nc(Cl)n3)nc12. The van der Waals surface area contributed by atoms with Gasteiger partial charge in [-0.15, -0.1) is 0 Å². The Bertz CT molecular complexity index is 992. The summed E-state index contributed by atoms with van der Waals surface area (Å²) in [7, 11) is 0. The van der Waals surface area contributed by atoms with E-state index in [-0.39, 0.29) is 17.1 Å². The van der Waals surface area contributed by atoms with Crippen LogP contribution in [0.1, 0.15) is 54.0 Å². The van der Waals surface area contributed by atoms with E-state index in [1.807, 2.05) is 30.6 Å². The highest BCUT2D eigenvalue weighted by molar-refractivity contribution is 6.28. The van der Waals surface area contributed by atoms with Crippen molar-refractivity contribution in [1.82, 2.24) is 29.5 Å². The van der Waals surface area contributed by atoms with Gasteiger partial charge >= 0.3 is 0 Å². The number of hydrogen-bond donors (Lipinski definition) is 1. The molecule has 28 heavy (non-hydrogen) atoms. The molecule has 9 heteroatoms. The van der Waals surface area contributed by atoms with Gasteiger partial charge in [0.15, 0.2) is 11.5 Å². The molecule has 2 fully saturated rings. The van der Waals surface area contributed by atoms with Gasteiger partial charge in [-0.05, 0) is 44.7 Å². The predicted molar refractivity (Wildman–Crippen MR) is 105 cm³/mol. The van der Waals surface area contributed by atoms with Crippen molar-refractivity contribution in [2.45, 2.75) is 51.0 Å². The van der Waals surface area contributed by atoms with Crippen molar-refractivity contribution in [3.05, 3.63) is 40.5 Å². The van der Waals surface area contributed by atoms with Gasteiger partial charge in [-0.2, -0.15) is 5.10 Å². The van der Waals surface area contributed by atoms with Crippen molar-refractivity contribution < 1.29 is 4.74 Å². The number of aryl methyl sites for hydroxylation is 2. The van der Waals surface area contributed by atoms with Crippen LogP contribution in [0.2, 0.25) is 5.28 Å². The minimum Gasteiger partial charge on any atom is -0.381 e. The highest BCUT2D eigenvalue weighted by Crippen LogP contribution is 2.53. The van der Waals surface area contributed by atoms with E-state index >= 15 is 0 Å². The lowest BCUT2D eigenvalue weighted by atomic mass is 10.1. The van der Waals surface area contributed by atoms with Crippen LogP contribution in [0.5, 0.6) is 0 Å². The molecule has 0 amide bonds. The van der Waals surface area contributed by atoms with Crippen LogP contribution >= 0.6 is 11.6 Å². The van der Waals surface area contributed by atoms with Crippen molar-refractivity contribution in [2.24, 2.45) is 0 Å². The first-order valence-electron chi connectivity index (χ1n) is 9.66. The van der Waals surface area contributed by atoms with Crippen molar-refractivity contribution in [3.8, 4) is 0 Å². The normalized spacial score (nSPS) is 22.5. The Morgan fingerprint density at radius 3 is 2.75 bits per heavy atom. The fraction of sp³-hybridized carbons (Fsp3) is 0.526. The second-order valence-corrected chi connectivity index (χ2v) is 7.96. The first-order valence-corrected chi connectivity index (χ1v) is 10.0. The standard InChI is InChI=1S/C19H22ClN7O/c1-10-9-21-11(2)18-25-17(26-27(10)18)14-7-13(14)15-8-16(24-19(20)23-15)22-12-3-5-28-6-4-12/h8-9,12-14H,3-7H2,1-2H3,(H,22,23,24). The number of rotatable bonds is 4. The molecule has 1 N–H and O–H groups in total. The summed E-state index contributed by atoms with van der Waals surface area (Å²) in [5.41, 5.74) is 3.63. The van der Waals surface area contributed by atoms with Crippen LogP contribution in [0.15, 0.2) is 12.3 Å². The second-order valence-electron chi connectivity index (χ2n) is 7.62. The summed E-state index contributed by atoms with van der Waals surface area (Å²) in [6, 6.07) is 2.38. The number of halogens is 1.